The van der Waals surface area contributed by atoms with E-state index in [0.29, 0.717) is 18.8 Å². The Morgan fingerprint density at radius 1 is 1.50 bits per heavy atom. The topological polar surface area (TPSA) is 9.23 Å². The second kappa shape index (κ2) is 3.69. The zero-order valence-electron chi connectivity index (χ0n) is 7.65. The van der Waals surface area contributed by atoms with Crippen LogP contribution >= 0.6 is 0 Å². The van der Waals surface area contributed by atoms with E-state index in [1.165, 1.54) is 7.11 Å². The highest BCUT2D eigenvalue weighted by Crippen LogP contribution is 2.38. The summed E-state index contributed by atoms with van der Waals surface area (Å²) in [4.78, 5) is 0. The maximum Gasteiger partial charge on any atom is 0.273 e. The van der Waals surface area contributed by atoms with Crippen molar-refractivity contribution in [2.75, 3.05) is 7.11 Å². The summed E-state index contributed by atoms with van der Waals surface area (Å²) in [6.45, 7) is 2.04. The van der Waals surface area contributed by atoms with Gasteiger partial charge in [0.25, 0.3) is 5.92 Å². The Labute approximate surface area is 72.1 Å². The van der Waals surface area contributed by atoms with Crippen LogP contribution < -0.4 is 0 Å². The van der Waals surface area contributed by atoms with E-state index in [9.17, 15) is 8.78 Å². The van der Waals surface area contributed by atoms with E-state index in [2.05, 4.69) is 0 Å². The molecule has 0 amide bonds. The third kappa shape index (κ3) is 1.94. The summed E-state index contributed by atoms with van der Waals surface area (Å²) >= 11 is 0. The Morgan fingerprint density at radius 3 is 2.67 bits per heavy atom. The molecule has 0 aromatic heterocycles. The van der Waals surface area contributed by atoms with Crippen LogP contribution in [0.3, 0.4) is 0 Å². The van der Waals surface area contributed by atoms with E-state index in [1.54, 1.807) is 0 Å². The van der Waals surface area contributed by atoms with Crippen LogP contribution in [0.4, 0.5) is 8.78 Å². The molecule has 3 heteroatoms. The van der Waals surface area contributed by atoms with Crippen LogP contribution in [-0.2, 0) is 4.74 Å². The number of rotatable bonds is 2. The average Bonchev–Trinajstić information content (AvgIpc) is 2.04. The van der Waals surface area contributed by atoms with Gasteiger partial charge in [0, 0.05) is 13.5 Å². The summed E-state index contributed by atoms with van der Waals surface area (Å²) < 4.78 is 30.9. The molecule has 0 unspecified atom stereocenters. The standard InChI is InChI=1S/C9H16F2O/c1-3-7-4-5-9(10,11)8(6-7)12-2/h7-8H,3-6H2,1-2H3/t7-,8+/m1/s1. The normalized spacial score (nSPS) is 35.0. The SMILES string of the molecule is CC[C@@H]1CCC(F)(F)[C@@H](OC)C1. The second-order valence-electron chi connectivity index (χ2n) is 3.53. The molecule has 0 bridgehead atoms. The fraction of sp³-hybridized carbons (Fsp3) is 1.00. The zero-order valence-corrected chi connectivity index (χ0v) is 7.65. The minimum atomic E-state index is -2.60. The number of hydrogen-bond donors (Lipinski definition) is 0. The Kier molecular flexibility index (Phi) is 3.04. The third-order valence-corrected chi connectivity index (χ3v) is 2.77. The van der Waals surface area contributed by atoms with Crippen molar-refractivity contribution < 1.29 is 13.5 Å². The molecule has 72 valence electrons. The maximum absolute atomic E-state index is 13.1. The molecule has 1 saturated carbocycles. The molecular formula is C9H16F2O. The molecule has 0 N–H and O–H groups in total. The molecule has 0 heterocycles. The van der Waals surface area contributed by atoms with Crippen LogP contribution in [0.1, 0.15) is 32.6 Å². The first-order valence-electron chi connectivity index (χ1n) is 4.50. The van der Waals surface area contributed by atoms with Crippen LogP contribution in [0.15, 0.2) is 0 Å². The van der Waals surface area contributed by atoms with Crippen LogP contribution in [0.25, 0.3) is 0 Å². The zero-order chi connectivity index (χ0) is 9.19. The average molecular weight is 178 g/mol. The summed E-state index contributed by atoms with van der Waals surface area (Å²) in [6.07, 6.45) is 1.28. The van der Waals surface area contributed by atoms with Crippen molar-refractivity contribution >= 4 is 0 Å². The molecule has 2 atom stereocenters. The van der Waals surface area contributed by atoms with Crippen molar-refractivity contribution in [3.63, 3.8) is 0 Å². The van der Waals surface area contributed by atoms with Crippen molar-refractivity contribution in [3.05, 3.63) is 0 Å². The van der Waals surface area contributed by atoms with E-state index in [-0.39, 0.29) is 6.42 Å². The molecule has 0 saturated heterocycles. The van der Waals surface area contributed by atoms with E-state index in [0.717, 1.165) is 6.42 Å². The van der Waals surface area contributed by atoms with Gasteiger partial charge in [0.05, 0.1) is 0 Å². The summed E-state index contributed by atoms with van der Waals surface area (Å²) in [5.41, 5.74) is 0. The molecule has 0 aromatic carbocycles. The first kappa shape index (κ1) is 9.90. The molecule has 1 rings (SSSR count). The molecule has 0 radical (unpaired) electrons. The Morgan fingerprint density at radius 2 is 2.17 bits per heavy atom. The van der Waals surface area contributed by atoms with Gasteiger partial charge in [-0.05, 0) is 18.8 Å². The Balaban J connectivity index is 2.54. The number of halogens is 2. The molecule has 0 aromatic rings. The lowest BCUT2D eigenvalue weighted by Crippen LogP contribution is -2.40. The van der Waals surface area contributed by atoms with E-state index in [1.807, 2.05) is 6.92 Å². The molecule has 0 aliphatic heterocycles. The fourth-order valence-electron chi connectivity index (χ4n) is 1.79. The van der Waals surface area contributed by atoms with Gasteiger partial charge in [0.15, 0.2) is 0 Å². The smallest absolute Gasteiger partial charge is 0.273 e. The summed E-state index contributed by atoms with van der Waals surface area (Å²) in [7, 11) is 1.37. The number of methoxy groups -OCH3 is 1. The summed E-state index contributed by atoms with van der Waals surface area (Å²) in [5.74, 6) is -2.17. The molecule has 1 nitrogen and oxygen atoms in total. The molecule has 0 spiro atoms. The molecule has 1 aliphatic carbocycles. The van der Waals surface area contributed by atoms with Gasteiger partial charge in [0.1, 0.15) is 6.10 Å². The van der Waals surface area contributed by atoms with Gasteiger partial charge >= 0.3 is 0 Å². The quantitative estimate of drug-likeness (QED) is 0.631. The fourth-order valence-corrected chi connectivity index (χ4v) is 1.79. The molecular weight excluding hydrogens is 162 g/mol. The van der Waals surface area contributed by atoms with Gasteiger partial charge in [-0.3, -0.25) is 0 Å². The second-order valence-corrected chi connectivity index (χ2v) is 3.53. The molecule has 12 heavy (non-hydrogen) atoms. The largest absolute Gasteiger partial charge is 0.375 e. The maximum atomic E-state index is 13.1. The highest BCUT2D eigenvalue weighted by molar-refractivity contribution is 4.86. The Hall–Kier alpha value is -0.180. The first-order valence-corrected chi connectivity index (χ1v) is 4.50. The predicted molar refractivity (Wildman–Crippen MR) is 43.4 cm³/mol. The predicted octanol–water partition coefficient (Wildman–Crippen LogP) is 2.85. The van der Waals surface area contributed by atoms with Gasteiger partial charge in [-0.25, -0.2) is 8.78 Å². The lowest BCUT2D eigenvalue weighted by atomic mass is 9.83. The summed E-state index contributed by atoms with van der Waals surface area (Å²) in [6, 6.07) is 0. The van der Waals surface area contributed by atoms with Gasteiger partial charge < -0.3 is 4.74 Å². The highest BCUT2D eigenvalue weighted by Gasteiger charge is 2.44. The van der Waals surface area contributed by atoms with Crippen LogP contribution in [0.2, 0.25) is 0 Å². The first-order chi connectivity index (χ1) is 5.60. The minimum absolute atomic E-state index is 0.00991. The van der Waals surface area contributed by atoms with Crippen molar-refractivity contribution in [2.45, 2.75) is 44.6 Å². The van der Waals surface area contributed by atoms with Crippen LogP contribution in [-0.4, -0.2) is 19.1 Å². The minimum Gasteiger partial charge on any atom is -0.375 e. The van der Waals surface area contributed by atoms with E-state index < -0.39 is 12.0 Å². The number of ether oxygens (including phenoxy) is 1. The van der Waals surface area contributed by atoms with Crippen molar-refractivity contribution in [1.82, 2.24) is 0 Å². The van der Waals surface area contributed by atoms with Gasteiger partial charge in [-0.2, -0.15) is 0 Å². The number of hydrogen-bond acceptors (Lipinski definition) is 1. The van der Waals surface area contributed by atoms with Crippen molar-refractivity contribution in [1.29, 1.82) is 0 Å². The third-order valence-electron chi connectivity index (χ3n) is 2.77. The monoisotopic (exact) mass is 178 g/mol. The van der Waals surface area contributed by atoms with Gasteiger partial charge in [-0.1, -0.05) is 13.3 Å². The molecule has 1 aliphatic rings. The summed E-state index contributed by atoms with van der Waals surface area (Å²) in [5, 5.41) is 0. The van der Waals surface area contributed by atoms with E-state index in [4.69, 9.17) is 4.74 Å². The highest BCUT2D eigenvalue weighted by atomic mass is 19.3. The number of alkyl halides is 2. The Bertz CT molecular complexity index is 147. The van der Waals surface area contributed by atoms with Gasteiger partial charge in [-0.15, -0.1) is 0 Å². The van der Waals surface area contributed by atoms with Crippen molar-refractivity contribution in [2.24, 2.45) is 5.92 Å². The van der Waals surface area contributed by atoms with Crippen LogP contribution in [0, 0.1) is 5.92 Å². The van der Waals surface area contributed by atoms with Crippen molar-refractivity contribution in [3.8, 4) is 0 Å². The lowest BCUT2D eigenvalue weighted by Gasteiger charge is -2.34. The molecule has 1 fully saturated rings. The van der Waals surface area contributed by atoms with Crippen LogP contribution in [0.5, 0.6) is 0 Å². The van der Waals surface area contributed by atoms with E-state index >= 15 is 0 Å². The van der Waals surface area contributed by atoms with Gasteiger partial charge in [0.2, 0.25) is 0 Å². The lowest BCUT2D eigenvalue weighted by molar-refractivity contribution is -0.155.